The van der Waals surface area contributed by atoms with Crippen LogP contribution in [0.3, 0.4) is 0 Å². The topological polar surface area (TPSA) is 215 Å². The molecular formula is C31H39N7O5S. The van der Waals surface area contributed by atoms with Crippen LogP contribution in [0, 0.1) is 0 Å². The molecule has 0 saturated carbocycles. The molecule has 0 heterocycles. The van der Waals surface area contributed by atoms with E-state index in [1.165, 1.54) is 0 Å². The lowest BCUT2D eigenvalue weighted by Crippen LogP contribution is -2.53. The average Bonchev–Trinajstić information content (AvgIpc) is 3.01. The van der Waals surface area contributed by atoms with Crippen molar-refractivity contribution in [3.05, 3.63) is 83.9 Å². The summed E-state index contributed by atoms with van der Waals surface area (Å²) in [6, 6.07) is 18.2. The molecule has 0 aromatic heterocycles. The van der Waals surface area contributed by atoms with Crippen LogP contribution in [-0.2, 0) is 25.6 Å². The second-order valence-electron chi connectivity index (χ2n) is 10.3. The third-order valence-corrected chi connectivity index (χ3v) is 7.31. The summed E-state index contributed by atoms with van der Waals surface area (Å²) >= 11 is 4.02. The molecule has 0 fully saturated rings. The molecule has 0 bridgehead atoms. The summed E-state index contributed by atoms with van der Waals surface area (Å²) in [5.74, 6) is -3.08. The Morgan fingerprint density at radius 1 is 0.841 bits per heavy atom. The number of carbonyl (C=O) groups is 4. The highest BCUT2D eigenvalue weighted by Gasteiger charge is 2.28. The van der Waals surface area contributed by atoms with Crippen LogP contribution >= 0.6 is 12.6 Å². The van der Waals surface area contributed by atoms with E-state index in [2.05, 4.69) is 33.6 Å². The Hall–Kier alpha value is -4.62. The molecule has 3 rings (SSSR count). The van der Waals surface area contributed by atoms with E-state index in [-0.39, 0.29) is 24.6 Å². The van der Waals surface area contributed by atoms with Gasteiger partial charge in [0.25, 0.3) is 0 Å². The van der Waals surface area contributed by atoms with Crippen LogP contribution in [0.4, 0.5) is 0 Å². The smallest absolute Gasteiger partial charge is 0.327 e. The van der Waals surface area contributed by atoms with Gasteiger partial charge < -0.3 is 38.3 Å². The minimum Gasteiger partial charge on any atom is -0.480 e. The van der Waals surface area contributed by atoms with Gasteiger partial charge in [-0.1, -0.05) is 72.8 Å². The molecule has 0 spiro atoms. The first-order valence-electron chi connectivity index (χ1n) is 14.1. The molecule has 3 aromatic rings. The molecule has 44 heavy (non-hydrogen) atoms. The molecular weight excluding hydrogens is 582 g/mol. The van der Waals surface area contributed by atoms with Gasteiger partial charge in [0.2, 0.25) is 17.7 Å². The van der Waals surface area contributed by atoms with E-state index >= 15 is 0 Å². The highest BCUT2D eigenvalue weighted by molar-refractivity contribution is 7.80. The average molecular weight is 622 g/mol. The van der Waals surface area contributed by atoms with E-state index in [0.29, 0.717) is 24.9 Å². The Balaban J connectivity index is 1.84. The number of nitrogens with two attached hydrogens (primary N) is 3. The molecule has 13 heteroatoms. The second-order valence-corrected chi connectivity index (χ2v) is 10.6. The molecule has 4 atom stereocenters. The van der Waals surface area contributed by atoms with Gasteiger partial charge in [0.05, 0.1) is 18.5 Å². The van der Waals surface area contributed by atoms with Crippen molar-refractivity contribution in [1.82, 2.24) is 16.0 Å². The van der Waals surface area contributed by atoms with Crippen LogP contribution in [-0.4, -0.2) is 65.2 Å². The summed E-state index contributed by atoms with van der Waals surface area (Å²) < 4.78 is 0. The third-order valence-electron chi connectivity index (χ3n) is 6.94. The van der Waals surface area contributed by atoms with E-state index in [1.54, 1.807) is 24.3 Å². The number of hydrogen-bond acceptors (Lipinski definition) is 7. The van der Waals surface area contributed by atoms with Crippen molar-refractivity contribution in [2.75, 3.05) is 12.3 Å². The summed E-state index contributed by atoms with van der Waals surface area (Å²) in [5, 5.41) is 19.3. The van der Waals surface area contributed by atoms with Crippen molar-refractivity contribution in [2.24, 2.45) is 22.2 Å². The summed E-state index contributed by atoms with van der Waals surface area (Å²) in [6.07, 6.45) is 0.690. The van der Waals surface area contributed by atoms with Gasteiger partial charge in [-0.3, -0.25) is 19.4 Å². The van der Waals surface area contributed by atoms with Crippen LogP contribution in [0.2, 0.25) is 0 Å². The zero-order valence-electron chi connectivity index (χ0n) is 24.2. The predicted octanol–water partition coefficient (Wildman–Crippen LogP) is 0.995. The molecule has 3 amide bonds. The van der Waals surface area contributed by atoms with Crippen molar-refractivity contribution >= 4 is 53.1 Å². The SMILES string of the molecule is NC(N)=NCCC[C@H](N)C(=O)N[C@H](CC(=O)N[C@@H](Cc1ccccc1)C(=O)N[C@@H](CS)C(=O)O)c1cccc2ccccc12. The molecule has 0 radical (unpaired) electrons. The van der Waals surface area contributed by atoms with Crippen molar-refractivity contribution in [2.45, 2.75) is 49.9 Å². The maximum absolute atomic E-state index is 13.5. The van der Waals surface area contributed by atoms with Gasteiger partial charge in [0.1, 0.15) is 12.1 Å². The number of amides is 3. The number of guanidine groups is 1. The predicted molar refractivity (Wildman–Crippen MR) is 173 cm³/mol. The number of aliphatic carboxylic acids is 1. The minimum absolute atomic E-state index is 0.0478. The number of hydrogen-bond donors (Lipinski definition) is 8. The monoisotopic (exact) mass is 621 g/mol. The molecule has 0 aliphatic carbocycles. The largest absolute Gasteiger partial charge is 0.480 e. The summed E-state index contributed by atoms with van der Waals surface area (Å²) in [7, 11) is 0. The first-order valence-corrected chi connectivity index (χ1v) is 14.8. The quantitative estimate of drug-likeness (QED) is 0.0498. The molecule has 12 nitrogen and oxygen atoms in total. The molecule has 0 aliphatic rings. The number of rotatable bonds is 16. The van der Waals surface area contributed by atoms with Gasteiger partial charge >= 0.3 is 5.97 Å². The maximum atomic E-state index is 13.5. The molecule has 0 unspecified atom stereocenters. The molecule has 0 saturated heterocycles. The number of nitrogens with one attached hydrogen (secondary N) is 3. The fourth-order valence-corrected chi connectivity index (χ4v) is 4.93. The van der Waals surface area contributed by atoms with E-state index < -0.39 is 47.9 Å². The van der Waals surface area contributed by atoms with E-state index in [1.807, 2.05) is 48.5 Å². The van der Waals surface area contributed by atoms with Gasteiger partial charge in [0, 0.05) is 18.7 Å². The van der Waals surface area contributed by atoms with Gasteiger partial charge in [-0.25, -0.2) is 4.79 Å². The number of aliphatic imine (C=N–C) groups is 1. The zero-order valence-corrected chi connectivity index (χ0v) is 25.1. The Kier molecular flexibility index (Phi) is 13.0. The van der Waals surface area contributed by atoms with Crippen molar-refractivity contribution in [3.8, 4) is 0 Å². The first kappa shape index (κ1) is 33.9. The van der Waals surface area contributed by atoms with Crippen LogP contribution < -0.4 is 33.2 Å². The highest BCUT2D eigenvalue weighted by Crippen LogP contribution is 2.27. The Morgan fingerprint density at radius 2 is 1.52 bits per heavy atom. The first-order chi connectivity index (χ1) is 21.1. The van der Waals surface area contributed by atoms with E-state index in [0.717, 1.165) is 16.3 Å². The molecule has 234 valence electrons. The number of nitrogens with zero attached hydrogens (tertiary/aromatic N) is 1. The summed E-state index contributed by atoms with van der Waals surface area (Å²) in [4.78, 5) is 55.3. The highest BCUT2D eigenvalue weighted by atomic mass is 32.1. The maximum Gasteiger partial charge on any atom is 0.327 e. The second kappa shape index (κ2) is 16.9. The standard InChI is InChI=1S/C31H39N7O5S/c32-23(14-7-15-35-31(33)34)28(40)37-24(22-13-6-11-20-10-4-5-12-21(20)22)17-27(39)36-25(16-19-8-2-1-3-9-19)29(41)38-26(18-44)30(42)43/h1-6,8-13,23-26,44H,7,14-18,32H2,(H,36,39)(H,37,40)(H,38,41)(H,42,43)(H4,33,34,35)/t23-,24+,25-,26-/m0/s1. The van der Waals surface area contributed by atoms with Gasteiger partial charge in [-0.15, -0.1) is 0 Å². The van der Waals surface area contributed by atoms with Crippen molar-refractivity contribution in [1.29, 1.82) is 0 Å². The van der Waals surface area contributed by atoms with Crippen molar-refractivity contribution < 1.29 is 24.3 Å². The lowest BCUT2D eigenvalue weighted by molar-refractivity contribution is -0.141. The Labute approximate surface area is 261 Å². The number of benzene rings is 3. The Bertz CT molecular complexity index is 1460. The van der Waals surface area contributed by atoms with Gasteiger partial charge in [0.15, 0.2) is 5.96 Å². The normalized spacial score (nSPS) is 13.6. The van der Waals surface area contributed by atoms with Crippen LogP contribution in [0.1, 0.15) is 36.4 Å². The molecule has 10 N–H and O–H groups in total. The molecule has 0 aliphatic heterocycles. The van der Waals surface area contributed by atoms with Crippen LogP contribution in [0.15, 0.2) is 77.8 Å². The lowest BCUT2D eigenvalue weighted by atomic mass is 9.95. The number of carbonyl (C=O) groups excluding carboxylic acids is 3. The van der Waals surface area contributed by atoms with Gasteiger partial charge in [-0.2, -0.15) is 12.6 Å². The fourth-order valence-electron chi connectivity index (χ4n) is 4.68. The lowest BCUT2D eigenvalue weighted by Gasteiger charge is -2.25. The van der Waals surface area contributed by atoms with Gasteiger partial charge in [-0.05, 0) is 34.7 Å². The zero-order chi connectivity index (χ0) is 32.1. The minimum atomic E-state index is -1.24. The third kappa shape index (κ3) is 10.3. The number of fused-ring (bicyclic) bond motifs is 1. The van der Waals surface area contributed by atoms with E-state index in [9.17, 15) is 24.3 Å². The van der Waals surface area contributed by atoms with Crippen molar-refractivity contribution in [3.63, 3.8) is 0 Å². The Morgan fingerprint density at radius 3 is 2.20 bits per heavy atom. The van der Waals surface area contributed by atoms with Crippen LogP contribution in [0.5, 0.6) is 0 Å². The number of carboxylic acid groups (broad SMARTS) is 1. The number of carboxylic acids is 1. The summed E-state index contributed by atoms with van der Waals surface area (Å²) in [5.41, 5.74) is 18.3. The van der Waals surface area contributed by atoms with Crippen LogP contribution in [0.25, 0.3) is 10.8 Å². The molecule has 3 aromatic carbocycles. The fraction of sp³-hybridized carbons (Fsp3) is 0.323. The summed E-state index contributed by atoms with van der Waals surface area (Å²) in [6.45, 7) is 0.319. The number of thiol groups is 1. The van der Waals surface area contributed by atoms with E-state index in [4.69, 9.17) is 17.2 Å².